The third-order valence-electron chi connectivity index (χ3n) is 3.75. The van der Waals surface area contributed by atoms with Gasteiger partial charge in [0, 0.05) is 12.5 Å². The fourth-order valence-electron chi connectivity index (χ4n) is 2.45. The number of carbonyl (C=O) groups excluding carboxylic acids is 2. The number of benzene rings is 2. The fourth-order valence-corrected chi connectivity index (χ4v) is 2.45. The molecule has 2 rings (SSSR count). The Balaban J connectivity index is 2.16. The zero-order chi connectivity index (χ0) is 21.4. The van der Waals surface area contributed by atoms with Crippen molar-refractivity contribution in [3.8, 4) is 28.7 Å². The second-order valence-corrected chi connectivity index (χ2v) is 5.62. The second kappa shape index (κ2) is 9.98. The molecule has 0 fully saturated rings. The summed E-state index contributed by atoms with van der Waals surface area (Å²) in [7, 11) is 5.86. The van der Waals surface area contributed by atoms with E-state index >= 15 is 0 Å². The molecule has 0 aromatic heterocycles. The van der Waals surface area contributed by atoms with Gasteiger partial charge in [0.05, 0.1) is 34.7 Å². The molecule has 0 spiro atoms. The van der Waals surface area contributed by atoms with E-state index in [1.54, 1.807) is 18.2 Å². The molecule has 0 atom stereocenters. The van der Waals surface area contributed by atoms with Gasteiger partial charge in [0.15, 0.2) is 23.0 Å². The van der Waals surface area contributed by atoms with E-state index in [4.69, 9.17) is 23.7 Å². The van der Waals surface area contributed by atoms with E-state index in [1.165, 1.54) is 53.7 Å². The van der Waals surface area contributed by atoms with Crippen LogP contribution in [-0.4, -0.2) is 46.5 Å². The smallest absolute Gasteiger partial charge is 0.308 e. The highest BCUT2D eigenvalue weighted by Crippen LogP contribution is 2.38. The monoisotopic (exact) mass is 402 g/mol. The number of amides is 1. The van der Waals surface area contributed by atoms with Gasteiger partial charge in [-0.05, 0) is 35.9 Å². The van der Waals surface area contributed by atoms with E-state index < -0.39 is 11.9 Å². The SMILES string of the molecule is COc1cc(/C=N/NC(=O)c2cc(OC)c(OC)c(OC)c2)ccc1OC(C)=O. The van der Waals surface area contributed by atoms with Crippen molar-refractivity contribution in [2.24, 2.45) is 5.10 Å². The minimum atomic E-state index is -0.469. The van der Waals surface area contributed by atoms with Gasteiger partial charge in [-0.3, -0.25) is 9.59 Å². The Morgan fingerprint density at radius 3 is 2.00 bits per heavy atom. The van der Waals surface area contributed by atoms with Crippen LogP contribution in [0, 0.1) is 0 Å². The number of hydrogen-bond donors (Lipinski definition) is 1. The molecule has 2 aromatic rings. The van der Waals surface area contributed by atoms with Gasteiger partial charge in [-0.15, -0.1) is 0 Å². The molecule has 0 aliphatic heterocycles. The van der Waals surface area contributed by atoms with E-state index in [1.807, 2.05) is 0 Å². The van der Waals surface area contributed by atoms with Crippen molar-refractivity contribution >= 4 is 18.1 Å². The van der Waals surface area contributed by atoms with Gasteiger partial charge in [-0.2, -0.15) is 5.10 Å². The van der Waals surface area contributed by atoms with Crippen LogP contribution in [0.15, 0.2) is 35.4 Å². The van der Waals surface area contributed by atoms with Crippen molar-refractivity contribution < 1.29 is 33.3 Å². The Bertz CT molecular complexity index is 900. The van der Waals surface area contributed by atoms with Crippen molar-refractivity contribution in [3.63, 3.8) is 0 Å². The number of hydrogen-bond acceptors (Lipinski definition) is 8. The molecule has 154 valence electrons. The average Bonchev–Trinajstić information content (AvgIpc) is 2.72. The number of rotatable bonds is 8. The number of methoxy groups -OCH3 is 4. The molecule has 1 N–H and O–H groups in total. The van der Waals surface area contributed by atoms with Crippen LogP contribution in [-0.2, 0) is 4.79 Å². The number of ether oxygens (including phenoxy) is 5. The summed E-state index contributed by atoms with van der Waals surface area (Å²) in [6, 6.07) is 7.89. The van der Waals surface area contributed by atoms with Gasteiger partial charge in [-0.1, -0.05) is 0 Å². The lowest BCUT2D eigenvalue weighted by atomic mass is 10.1. The van der Waals surface area contributed by atoms with Crippen LogP contribution < -0.4 is 29.1 Å². The van der Waals surface area contributed by atoms with Gasteiger partial charge in [-0.25, -0.2) is 5.43 Å². The normalized spacial score (nSPS) is 10.4. The van der Waals surface area contributed by atoms with Crippen LogP contribution in [0.5, 0.6) is 28.7 Å². The molecule has 29 heavy (non-hydrogen) atoms. The molecule has 9 heteroatoms. The molecule has 2 aromatic carbocycles. The van der Waals surface area contributed by atoms with Crippen molar-refractivity contribution in [3.05, 3.63) is 41.5 Å². The molecule has 0 aliphatic rings. The molecule has 0 aliphatic carbocycles. The molecule has 0 saturated carbocycles. The highest BCUT2D eigenvalue weighted by Gasteiger charge is 2.16. The maximum Gasteiger partial charge on any atom is 0.308 e. The van der Waals surface area contributed by atoms with Gasteiger partial charge < -0.3 is 23.7 Å². The van der Waals surface area contributed by atoms with Gasteiger partial charge in [0.2, 0.25) is 5.75 Å². The summed E-state index contributed by atoms with van der Waals surface area (Å²) < 4.78 is 25.9. The Labute approximate surface area is 168 Å². The third-order valence-corrected chi connectivity index (χ3v) is 3.75. The molecule has 1 amide bonds. The Hall–Kier alpha value is -3.75. The van der Waals surface area contributed by atoms with Gasteiger partial charge >= 0.3 is 5.97 Å². The van der Waals surface area contributed by atoms with E-state index in [-0.39, 0.29) is 5.56 Å². The molecule has 0 unspecified atom stereocenters. The van der Waals surface area contributed by atoms with Crippen LogP contribution >= 0.6 is 0 Å². The van der Waals surface area contributed by atoms with E-state index in [0.717, 1.165) is 0 Å². The average molecular weight is 402 g/mol. The summed E-state index contributed by atoms with van der Waals surface area (Å²) in [6.07, 6.45) is 1.43. The van der Waals surface area contributed by atoms with Crippen molar-refractivity contribution in [2.45, 2.75) is 6.92 Å². The van der Waals surface area contributed by atoms with E-state index in [0.29, 0.717) is 34.3 Å². The lowest BCUT2D eigenvalue weighted by molar-refractivity contribution is -0.132. The largest absolute Gasteiger partial charge is 0.493 e. The Kier molecular flexibility index (Phi) is 7.41. The van der Waals surface area contributed by atoms with Crippen molar-refractivity contribution in [2.75, 3.05) is 28.4 Å². The summed E-state index contributed by atoms with van der Waals surface area (Å²) in [5, 5.41) is 3.94. The summed E-state index contributed by atoms with van der Waals surface area (Å²) in [4.78, 5) is 23.5. The fraction of sp³-hybridized carbons (Fsp3) is 0.250. The number of esters is 1. The molecule has 9 nitrogen and oxygen atoms in total. The number of nitrogens with zero attached hydrogens (tertiary/aromatic N) is 1. The summed E-state index contributed by atoms with van der Waals surface area (Å²) >= 11 is 0. The van der Waals surface area contributed by atoms with Gasteiger partial charge in [0.1, 0.15) is 0 Å². The maximum atomic E-state index is 12.4. The Morgan fingerprint density at radius 1 is 0.862 bits per heavy atom. The minimum absolute atomic E-state index is 0.277. The predicted octanol–water partition coefficient (Wildman–Crippen LogP) is 2.41. The predicted molar refractivity (Wildman–Crippen MR) is 105 cm³/mol. The summed E-state index contributed by atoms with van der Waals surface area (Å²) in [6.45, 7) is 1.30. The van der Waals surface area contributed by atoms with Crippen LogP contribution in [0.1, 0.15) is 22.8 Å². The highest BCUT2D eigenvalue weighted by molar-refractivity contribution is 5.96. The topological polar surface area (TPSA) is 105 Å². The first-order chi connectivity index (χ1) is 13.9. The maximum absolute atomic E-state index is 12.4. The standard InChI is InChI=1S/C20H22N2O7/c1-12(23)29-15-7-6-13(8-16(15)25-2)11-21-22-20(24)14-9-17(26-3)19(28-5)18(10-14)27-4/h6-11H,1-5H3,(H,22,24)/b21-11+. The van der Waals surface area contributed by atoms with E-state index in [9.17, 15) is 9.59 Å². The molecule has 0 bridgehead atoms. The minimum Gasteiger partial charge on any atom is -0.493 e. The lowest BCUT2D eigenvalue weighted by Crippen LogP contribution is -2.18. The molecular weight excluding hydrogens is 380 g/mol. The van der Waals surface area contributed by atoms with Gasteiger partial charge in [0.25, 0.3) is 5.91 Å². The first-order valence-corrected chi connectivity index (χ1v) is 8.43. The zero-order valence-electron chi connectivity index (χ0n) is 16.8. The van der Waals surface area contributed by atoms with E-state index in [2.05, 4.69) is 10.5 Å². The number of nitrogens with one attached hydrogen (secondary N) is 1. The van der Waals surface area contributed by atoms with Crippen LogP contribution in [0.2, 0.25) is 0 Å². The first kappa shape index (κ1) is 21.5. The number of carbonyl (C=O) groups is 2. The molecular formula is C20H22N2O7. The van der Waals surface area contributed by atoms with Crippen molar-refractivity contribution in [1.29, 1.82) is 0 Å². The molecule has 0 heterocycles. The van der Waals surface area contributed by atoms with Crippen LogP contribution in [0.4, 0.5) is 0 Å². The van der Waals surface area contributed by atoms with Crippen molar-refractivity contribution in [1.82, 2.24) is 5.43 Å². The second-order valence-electron chi connectivity index (χ2n) is 5.62. The van der Waals surface area contributed by atoms with Crippen LogP contribution in [0.3, 0.4) is 0 Å². The van der Waals surface area contributed by atoms with Crippen LogP contribution in [0.25, 0.3) is 0 Å². The lowest BCUT2D eigenvalue weighted by Gasteiger charge is -2.13. The molecule has 0 radical (unpaired) electrons. The summed E-state index contributed by atoms with van der Waals surface area (Å²) in [5.74, 6) is 0.818. The molecule has 0 saturated heterocycles. The zero-order valence-corrected chi connectivity index (χ0v) is 16.8. The quantitative estimate of drug-likeness (QED) is 0.313. The highest BCUT2D eigenvalue weighted by atomic mass is 16.6. The number of hydrazone groups is 1. The first-order valence-electron chi connectivity index (χ1n) is 8.43. The summed E-state index contributed by atoms with van der Waals surface area (Å²) in [5.41, 5.74) is 3.33. The Morgan fingerprint density at radius 2 is 1.48 bits per heavy atom. The third kappa shape index (κ3) is 5.38.